The molecule has 0 radical (unpaired) electrons. The molecular formula is C25H36N4O3. The first-order valence-corrected chi connectivity index (χ1v) is 11.4. The van der Waals surface area contributed by atoms with Crippen LogP contribution in [0.2, 0.25) is 0 Å². The standard InChI is InChI=1S/C25H36N4O3/c1-14(2)10-19(23(30)26-12-15(3)4)29-13-20-21(24(29)31)22(27-25(32)28(20)7)18-9-8-16(5)11-17(18)6/h8-9,11,14-15,19,22H,10,12-13H2,1-7H3,(H,26,30)(H,27,32)/t19-,22-/m0/s1. The number of benzene rings is 1. The highest BCUT2D eigenvalue weighted by atomic mass is 16.2. The van der Waals surface area contributed by atoms with Crippen molar-refractivity contribution in [2.45, 2.75) is 60.0 Å². The van der Waals surface area contributed by atoms with E-state index in [0.29, 0.717) is 30.2 Å². The van der Waals surface area contributed by atoms with Crippen molar-refractivity contribution in [3.05, 3.63) is 46.2 Å². The second kappa shape index (κ2) is 9.35. The van der Waals surface area contributed by atoms with Gasteiger partial charge < -0.3 is 15.5 Å². The van der Waals surface area contributed by atoms with Gasteiger partial charge in [0.05, 0.1) is 23.9 Å². The fourth-order valence-corrected chi connectivity index (χ4v) is 4.47. The number of hydrogen-bond donors (Lipinski definition) is 2. The highest BCUT2D eigenvalue weighted by Crippen LogP contribution is 2.38. The van der Waals surface area contributed by atoms with Crippen molar-refractivity contribution in [3.63, 3.8) is 0 Å². The Morgan fingerprint density at radius 3 is 2.44 bits per heavy atom. The van der Waals surface area contributed by atoms with Crippen LogP contribution in [0, 0.1) is 25.7 Å². The maximum absolute atomic E-state index is 13.7. The Bertz CT molecular complexity index is 951. The maximum atomic E-state index is 13.7. The van der Waals surface area contributed by atoms with Gasteiger partial charge in [-0.05, 0) is 43.2 Å². The molecule has 0 unspecified atom stereocenters. The summed E-state index contributed by atoms with van der Waals surface area (Å²) in [5, 5.41) is 5.99. The van der Waals surface area contributed by atoms with Gasteiger partial charge in [0.25, 0.3) is 5.91 Å². The molecule has 1 aromatic rings. The Kier molecular flexibility index (Phi) is 6.96. The minimum Gasteiger partial charge on any atom is -0.354 e. The topological polar surface area (TPSA) is 81.8 Å². The molecule has 2 heterocycles. The predicted octanol–water partition coefficient (Wildman–Crippen LogP) is 3.28. The summed E-state index contributed by atoms with van der Waals surface area (Å²) < 4.78 is 0. The van der Waals surface area contributed by atoms with Crippen LogP contribution in [-0.2, 0) is 9.59 Å². The zero-order valence-electron chi connectivity index (χ0n) is 20.3. The largest absolute Gasteiger partial charge is 0.354 e. The first kappa shape index (κ1) is 23.8. The van der Waals surface area contributed by atoms with Gasteiger partial charge in [-0.1, -0.05) is 51.5 Å². The molecule has 2 atom stereocenters. The van der Waals surface area contributed by atoms with E-state index in [-0.39, 0.29) is 30.3 Å². The Morgan fingerprint density at radius 2 is 1.84 bits per heavy atom. The van der Waals surface area contributed by atoms with Crippen LogP contribution in [0.1, 0.15) is 56.8 Å². The number of likely N-dealkylation sites (N-methyl/N-ethyl adjacent to an activating group) is 1. The first-order chi connectivity index (χ1) is 15.0. The zero-order valence-corrected chi connectivity index (χ0v) is 20.3. The second-order valence-corrected chi connectivity index (χ2v) is 9.88. The Morgan fingerprint density at radius 1 is 1.16 bits per heavy atom. The zero-order chi connectivity index (χ0) is 23.7. The molecule has 7 heteroatoms. The number of hydrogen-bond acceptors (Lipinski definition) is 3. The van der Waals surface area contributed by atoms with Gasteiger partial charge in [0.1, 0.15) is 6.04 Å². The molecule has 0 saturated carbocycles. The lowest BCUT2D eigenvalue weighted by Gasteiger charge is -2.31. The van der Waals surface area contributed by atoms with Crippen LogP contribution in [0.3, 0.4) is 0 Å². The molecule has 3 rings (SSSR count). The number of aryl methyl sites for hydroxylation is 2. The van der Waals surface area contributed by atoms with Crippen LogP contribution in [0.15, 0.2) is 29.5 Å². The fourth-order valence-electron chi connectivity index (χ4n) is 4.47. The molecule has 32 heavy (non-hydrogen) atoms. The smallest absolute Gasteiger partial charge is 0.322 e. The van der Waals surface area contributed by atoms with Gasteiger partial charge in [0, 0.05) is 13.6 Å². The molecule has 0 saturated heterocycles. The van der Waals surface area contributed by atoms with Crippen molar-refractivity contribution in [3.8, 4) is 0 Å². The molecule has 2 aliphatic rings. The lowest BCUT2D eigenvalue weighted by molar-refractivity contribution is -0.137. The SMILES string of the molecule is Cc1ccc([C@@H]2NC(=O)N(C)C3=C2C(=O)N([C@@H](CC(C)C)C(=O)NCC(C)C)C3)c(C)c1. The van der Waals surface area contributed by atoms with E-state index in [1.807, 2.05) is 53.7 Å². The minimum atomic E-state index is -0.574. The number of carbonyl (C=O) groups is 3. The van der Waals surface area contributed by atoms with Crippen molar-refractivity contribution in [1.82, 2.24) is 20.4 Å². The molecule has 1 aromatic carbocycles. The van der Waals surface area contributed by atoms with Crippen LogP contribution in [-0.4, -0.2) is 53.8 Å². The molecule has 174 valence electrons. The quantitative estimate of drug-likeness (QED) is 0.683. The van der Waals surface area contributed by atoms with Crippen molar-refractivity contribution in [2.24, 2.45) is 11.8 Å². The summed E-state index contributed by atoms with van der Waals surface area (Å²) in [7, 11) is 1.68. The van der Waals surface area contributed by atoms with Gasteiger partial charge in [0.2, 0.25) is 5.91 Å². The fraction of sp³-hybridized carbons (Fsp3) is 0.560. The van der Waals surface area contributed by atoms with E-state index in [2.05, 4.69) is 16.7 Å². The number of nitrogens with one attached hydrogen (secondary N) is 2. The Labute approximate surface area is 191 Å². The number of carbonyl (C=O) groups excluding carboxylic acids is 3. The van der Waals surface area contributed by atoms with Gasteiger partial charge >= 0.3 is 6.03 Å². The van der Waals surface area contributed by atoms with Gasteiger partial charge in [-0.15, -0.1) is 0 Å². The van der Waals surface area contributed by atoms with E-state index >= 15 is 0 Å². The van der Waals surface area contributed by atoms with Gasteiger partial charge in [-0.3, -0.25) is 14.5 Å². The predicted molar refractivity (Wildman–Crippen MR) is 125 cm³/mol. The lowest BCUT2D eigenvalue weighted by atomic mass is 9.91. The third-order valence-corrected chi connectivity index (χ3v) is 6.18. The molecule has 7 nitrogen and oxygen atoms in total. The third-order valence-electron chi connectivity index (χ3n) is 6.18. The first-order valence-electron chi connectivity index (χ1n) is 11.4. The average Bonchev–Trinajstić information content (AvgIpc) is 3.04. The van der Waals surface area contributed by atoms with Gasteiger partial charge in [-0.25, -0.2) is 4.79 Å². The Balaban J connectivity index is 1.97. The van der Waals surface area contributed by atoms with Gasteiger partial charge in [0.15, 0.2) is 0 Å². The van der Waals surface area contributed by atoms with Crippen molar-refractivity contribution >= 4 is 17.8 Å². The summed E-state index contributed by atoms with van der Waals surface area (Å²) in [6.45, 7) is 13.0. The maximum Gasteiger partial charge on any atom is 0.322 e. The molecule has 0 aliphatic carbocycles. The number of urea groups is 1. The lowest BCUT2D eigenvalue weighted by Crippen LogP contribution is -2.50. The highest BCUT2D eigenvalue weighted by Gasteiger charge is 2.46. The molecule has 0 aromatic heterocycles. The molecule has 2 aliphatic heterocycles. The molecule has 4 amide bonds. The van der Waals surface area contributed by atoms with Crippen LogP contribution in [0.5, 0.6) is 0 Å². The number of nitrogens with zero attached hydrogens (tertiary/aromatic N) is 2. The van der Waals surface area contributed by atoms with Crippen molar-refractivity contribution < 1.29 is 14.4 Å². The van der Waals surface area contributed by atoms with Crippen LogP contribution in [0.4, 0.5) is 4.79 Å². The molecule has 0 fully saturated rings. The summed E-state index contributed by atoms with van der Waals surface area (Å²) in [6.07, 6.45) is 0.565. The van der Waals surface area contributed by atoms with Crippen LogP contribution < -0.4 is 10.6 Å². The third kappa shape index (κ3) is 4.66. The molecule has 0 spiro atoms. The summed E-state index contributed by atoms with van der Waals surface area (Å²) >= 11 is 0. The van der Waals surface area contributed by atoms with Crippen LogP contribution in [0.25, 0.3) is 0 Å². The van der Waals surface area contributed by atoms with Crippen molar-refractivity contribution in [2.75, 3.05) is 20.1 Å². The normalized spacial score (nSPS) is 19.6. The Hall–Kier alpha value is -2.83. The molecule has 2 N–H and O–H groups in total. The van der Waals surface area contributed by atoms with E-state index in [4.69, 9.17) is 0 Å². The number of amides is 4. The summed E-state index contributed by atoms with van der Waals surface area (Å²) in [5.41, 5.74) is 4.28. The average molecular weight is 441 g/mol. The minimum absolute atomic E-state index is 0.134. The number of rotatable bonds is 7. The molecule has 0 bridgehead atoms. The van der Waals surface area contributed by atoms with Crippen LogP contribution >= 0.6 is 0 Å². The summed E-state index contributed by atoms with van der Waals surface area (Å²) in [4.78, 5) is 42.7. The monoisotopic (exact) mass is 440 g/mol. The van der Waals surface area contributed by atoms with Crippen molar-refractivity contribution in [1.29, 1.82) is 0 Å². The summed E-state index contributed by atoms with van der Waals surface area (Å²) in [5.74, 6) is 0.247. The highest BCUT2D eigenvalue weighted by molar-refractivity contribution is 6.03. The second-order valence-electron chi connectivity index (χ2n) is 9.88. The molecular weight excluding hydrogens is 404 g/mol. The van der Waals surface area contributed by atoms with E-state index in [9.17, 15) is 14.4 Å². The van der Waals surface area contributed by atoms with E-state index < -0.39 is 12.1 Å². The van der Waals surface area contributed by atoms with E-state index in [1.165, 1.54) is 4.90 Å². The van der Waals surface area contributed by atoms with E-state index in [0.717, 1.165) is 16.7 Å². The van der Waals surface area contributed by atoms with E-state index in [1.54, 1.807) is 11.9 Å². The van der Waals surface area contributed by atoms with Gasteiger partial charge in [-0.2, -0.15) is 0 Å². The summed E-state index contributed by atoms with van der Waals surface area (Å²) in [6, 6.07) is 4.68.